The number of pyridine rings is 1. The van der Waals surface area contributed by atoms with E-state index in [1.807, 2.05) is 19.1 Å². The van der Waals surface area contributed by atoms with E-state index in [-0.39, 0.29) is 12.5 Å². The van der Waals surface area contributed by atoms with Crippen molar-refractivity contribution in [2.75, 3.05) is 6.79 Å². The number of phenolic OH excluding ortho intramolecular Hbond substituents is 1. The van der Waals surface area contributed by atoms with E-state index in [0.717, 1.165) is 16.8 Å². The molecule has 0 spiro atoms. The van der Waals surface area contributed by atoms with Crippen molar-refractivity contribution in [1.29, 1.82) is 0 Å². The van der Waals surface area contributed by atoms with Gasteiger partial charge in [0.2, 0.25) is 6.79 Å². The van der Waals surface area contributed by atoms with Crippen molar-refractivity contribution < 1.29 is 14.6 Å². The minimum atomic E-state index is 0.207. The molecule has 2 aromatic rings. The van der Waals surface area contributed by atoms with Gasteiger partial charge in [0.15, 0.2) is 11.5 Å². The van der Waals surface area contributed by atoms with Crippen molar-refractivity contribution in [2.24, 2.45) is 0 Å². The molecule has 0 bridgehead atoms. The Bertz CT molecular complexity index is 629. The number of aryl methyl sites for hydroxylation is 1. The number of aromatic hydroxyl groups is 1. The molecule has 1 aliphatic heterocycles. The van der Waals surface area contributed by atoms with Gasteiger partial charge in [-0.2, -0.15) is 0 Å². The highest BCUT2D eigenvalue weighted by atomic mass is 16.7. The number of rotatable bonds is 4. The van der Waals surface area contributed by atoms with Gasteiger partial charge in [0.1, 0.15) is 5.75 Å². The van der Waals surface area contributed by atoms with E-state index in [9.17, 15) is 5.11 Å². The number of fused-ring (bicyclic) bond motifs is 1. The van der Waals surface area contributed by atoms with Crippen LogP contribution in [-0.2, 0) is 13.1 Å². The second-order valence-corrected chi connectivity index (χ2v) is 4.70. The first-order chi connectivity index (χ1) is 9.74. The van der Waals surface area contributed by atoms with E-state index in [1.165, 1.54) is 0 Å². The van der Waals surface area contributed by atoms with Crippen LogP contribution < -0.4 is 14.8 Å². The van der Waals surface area contributed by atoms with Crippen LogP contribution in [0.15, 0.2) is 30.5 Å². The summed E-state index contributed by atoms with van der Waals surface area (Å²) in [6.07, 6.45) is 1.78. The van der Waals surface area contributed by atoms with Crippen LogP contribution in [0.25, 0.3) is 0 Å². The van der Waals surface area contributed by atoms with Gasteiger partial charge in [-0.15, -0.1) is 0 Å². The maximum absolute atomic E-state index is 9.94. The fourth-order valence-electron chi connectivity index (χ4n) is 2.13. The molecule has 104 valence electrons. The maximum Gasteiger partial charge on any atom is 0.231 e. The van der Waals surface area contributed by atoms with Gasteiger partial charge >= 0.3 is 0 Å². The molecule has 0 aliphatic carbocycles. The number of hydrogen-bond donors (Lipinski definition) is 2. The second kappa shape index (κ2) is 5.38. The molecule has 0 saturated heterocycles. The molecule has 0 saturated carbocycles. The van der Waals surface area contributed by atoms with Crippen molar-refractivity contribution in [3.8, 4) is 17.2 Å². The fourth-order valence-corrected chi connectivity index (χ4v) is 2.13. The number of hydrogen-bond acceptors (Lipinski definition) is 5. The van der Waals surface area contributed by atoms with Crippen LogP contribution in [-0.4, -0.2) is 16.9 Å². The molecule has 0 amide bonds. The minimum absolute atomic E-state index is 0.207. The highest BCUT2D eigenvalue weighted by Crippen LogP contribution is 2.37. The third-order valence-electron chi connectivity index (χ3n) is 3.30. The van der Waals surface area contributed by atoms with Crippen LogP contribution in [0.2, 0.25) is 0 Å². The van der Waals surface area contributed by atoms with E-state index < -0.39 is 0 Å². The lowest BCUT2D eigenvalue weighted by Crippen LogP contribution is -2.14. The van der Waals surface area contributed by atoms with Crippen LogP contribution in [0.1, 0.15) is 16.8 Å². The van der Waals surface area contributed by atoms with Crippen molar-refractivity contribution in [3.05, 3.63) is 47.3 Å². The average Bonchev–Trinajstić information content (AvgIpc) is 2.88. The highest BCUT2D eigenvalue weighted by Gasteiger charge is 2.16. The van der Waals surface area contributed by atoms with Gasteiger partial charge < -0.3 is 19.9 Å². The third kappa shape index (κ3) is 2.53. The molecule has 0 unspecified atom stereocenters. The van der Waals surface area contributed by atoms with E-state index in [1.54, 1.807) is 18.3 Å². The highest BCUT2D eigenvalue weighted by molar-refractivity contribution is 5.51. The van der Waals surface area contributed by atoms with Crippen LogP contribution in [0, 0.1) is 6.92 Å². The number of benzene rings is 1. The van der Waals surface area contributed by atoms with Crippen molar-refractivity contribution in [2.45, 2.75) is 20.0 Å². The number of aromatic nitrogens is 1. The summed E-state index contributed by atoms with van der Waals surface area (Å²) >= 11 is 0. The summed E-state index contributed by atoms with van der Waals surface area (Å²) in [6, 6.07) is 7.34. The first kappa shape index (κ1) is 12.7. The van der Waals surface area contributed by atoms with Gasteiger partial charge in [-0.25, -0.2) is 0 Å². The van der Waals surface area contributed by atoms with Gasteiger partial charge in [-0.05, 0) is 24.6 Å². The summed E-state index contributed by atoms with van der Waals surface area (Å²) in [7, 11) is 0. The Hall–Kier alpha value is -2.27. The van der Waals surface area contributed by atoms with Crippen LogP contribution in [0.4, 0.5) is 0 Å². The number of nitrogens with zero attached hydrogens (tertiary/aromatic N) is 1. The summed E-state index contributed by atoms with van der Waals surface area (Å²) in [6.45, 7) is 3.43. The van der Waals surface area contributed by atoms with Crippen LogP contribution in [0.3, 0.4) is 0 Å². The molecule has 1 aromatic carbocycles. The Morgan fingerprint density at radius 3 is 2.85 bits per heavy atom. The lowest BCUT2D eigenvalue weighted by atomic mass is 10.1. The molecular formula is C15H16N2O3. The Balaban J connectivity index is 1.66. The van der Waals surface area contributed by atoms with E-state index in [0.29, 0.717) is 24.6 Å². The van der Waals surface area contributed by atoms with Gasteiger partial charge in [-0.3, -0.25) is 4.98 Å². The molecule has 2 N–H and O–H groups in total. The SMILES string of the molecule is Cc1cccnc1CNCc1cc2c(cc1O)OCO2. The Morgan fingerprint density at radius 1 is 1.25 bits per heavy atom. The third-order valence-corrected chi connectivity index (χ3v) is 3.30. The molecule has 0 radical (unpaired) electrons. The summed E-state index contributed by atoms with van der Waals surface area (Å²) in [5.41, 5.74) is 2.94. The summed E-state index contributed by atoms with van der Waals surface area (Å²) < 4.78 is 10.5. The summed E-state index contributed by atoms with van der Waals surface area (Å²) in [5.74, 6) is 1.47. The average molecular weight is 272 g/mol. The quantitative estimate of drug-likeness (QED) is 0.892. The summed E-state index contributed by atoms with van der Waals surface area (Å²) in [4.78, 5) is 4.32. The molecule has 1 aliphatic rings. The molecular weight excluding hydrogens is 256 g/mol. The van der Waals surface area contributed by atoms with Gasteiger partial charge in [0.05, 0.1) is 5.69 Å². The lowest BCUT2D eigenvalue weighted by Gasteiger charge is -2.09. The molecule has 20 heavy (non-hydrogen) atoms. The fraction of sp³-hybridized carbons (Fsp3) is 0.267. The van der Waals surface area contributed by atoms with Crippen molar-refractivity contribution in [1.82, 2.24) is 10.3 Å². The van der Waals surface area contributed by atoms with Crippen LogP contribution in [0.5, 0.6) is 17.2 Å². The monoisotopic (exact) mass is 272 g/mol. The van der Waals surface area contributed by atoms with E-state index in [4.69, 9.17) is 9.47 Å². The molecule has 1 aromatic heterocycles. The summed E-state index contributed by atoms with van der Waals surface area (Å²) in [5, 5.41) is 13.2. The molecule has 5 nitrogen and oxygen atoms in total. The molecule has 3 rings (SSSR count). The Morgan fingerprint density at radius 2 is 2.05 bits per heavy atom. The number of phenols is 1. The number of nitrogens with one attached hydrogen (secondary N) is 1. The smallest absolute Gasteiger partial charge is 0.231 e. The minimum Gasteiger partial charge on any atom is -0.507 e. The zero-order chi connectivity index (χ0) is 13.9. The first-order valence-corrected chi connectivity index (χ1v) is 6.47. The van der Waals surface area contributed by atoms with Crippen molar-refractivity contribution in [3.63, 3.8) is 0 Å². The lowest BCUT2D eigenvalue weighted by molar-refractivity contribution is 0.174. The van der Waals surface area contributed by atoms with Crippen molar-refractivity contribution >= 4 is 0 Å². The molecule has 5 heteroatoms. The zero-order valence-corrected chi connectivity index (χ0v) is 11.2. The first-order valence-electron chi connectivity index (χ1n) is 6.47. The van der Waals surface area contributed by atoms with E-state index >= 15 is 0 Å². The molecule has 0 fully saturated rings. The van der Waals surface area contributed by atoms with E-state index in [2.05, 4.69) is 10.3 Å². The normalized spacial score (nSPS) is 12.7. The number of ether oxygens (including phenoxy) is 2. The Kier molecular flexibility index (Phi) is 3.43. The van der Waals surface area contributed by atoms with Gasteiger partial charge in [0.25, 0.3) is 0 Å². The topological polar surface area (TPSA) is 63.6 Å². The van der Waals surface area contributed by atoms with Gasteiger partial charge in [-0.1, -0.05) is 6.07 Å². The van der Waals surface area contributed by atoms with Crippen LogP contribution >= 0.6 is 0 Å². The molecule has 0 atom stereocenters. The standard InChI is InChI=1S/C15H16N2O3/c1-10-3-2-4-17-12(10)8-16-7-11-5-14-15(6-13(11)18)20-9-19-14/h2-6,16,18H,7-9H2,1H3. The van der Waals surface area contributed by atoms with Gasteiger partial charge in [0, 0.05) is 30.9 Å². The second-order valence-electron chi connectivity index (χ2n) is 4.70. The maximum atomic E-state index is 9.94. The largest absolute Gasteiger partial charge is 0.507 e. The predicted octanol–water partition coefficient (Wildman–Crippen LogP) is 2.11. The predicted molar refractivity (Wildman–Crippen MR) is 73.7 cm³/mol. The molecule has 2 heterocycles. The Labute approximate surface area is 117 Å². The zero-order valence-electron chi connectivity index (χ0n) is 11.2.